The second-order valence-electron chi connectivity index (χ2n) is 6.53. The van der Waals surface area contributed by atoms with Crippen molar-refractivity contribution in [3.63, 3.8) is 0 Å². The zero-order chi connectivity index (χ0) is 19.6. The molecular weight excluding hydrogens is 465 g/mol. The van der Waals surface area contributed by atoms with Crippen LogP contribution in [0.1, 0.15) is 38.4 Å². The molecule has 156 valence electrons. The third kappa shape index (κ3) is 6.68. The molecule has 3 N–H and O–H groups in total. The third-order valence-electron chi connectivity index (χ3n) is 4.75. The van der Waals surface area contributed by atoms with E-state index in [0.29, 0.717) is 13.0 Å². The molecule has 0 radical (unpaired) electrons. The summed E-state index contributed by atoms with van der Waals surface area (Å²) in [5, 5.41) is 7.91. The summed E-state index contributed by atoms with van der Waals surface area (Å²) in [6.07, 6.45) is 1.36. The van der Waals surface area contributed by atoms with Crippen molar-refractivity contribution in [2.45, 2.75) is 40.5 Å². The standard InChI is InChI=1S/C21H33N5O.HI/c1-5-22-21(24-15-13-20(27)26(6-2)7-3)23-14-12-17-16(4)25-19-11-9-8-10-18(17)19;/h8-11,25H,5-7,12-15H2,1-4H3,(H2,22,23,24);1H. The fourth-order valence-electron chi connectivity index (χ4n) is 3.30. The largest absolute Gasteiger partial charge is 0.358 e. The minimum Gasteiger partial charge on any atom is -0.358 e. The molecule has 1 aromatic heterocycles. The van der Waals surface area contributed by atoms with Crippen LogP contribution in [0.4, 0.5) is 0 Å². The predicted octanol–water partition coefficient (Wildman–Crippen LogP) is 3.45. The molecule has 1 heterocycles. The summed E-state index contributed by atoms with van der Waals surface area (Å²) < 4.78 is 0. The van der Waals surface area contributed by atoms with Crippen molar-refractivity contribution in [3.05, 3.63) is 35.5 Å². The number of carbonyl (C=O) groups excluding carboxylic acids is 1. The first-order valence-corrected chi connectivity index (χ1v) is 9.96. The van der Waals surface area contributed by atoms with Gasteiger partial charge in [0.1, 0.15) is 0 Å². The number of nitrogens with one attached hydrogen (secondary N) is 3. The van der Waals surface area contributed by atoms with E-state index in [0.717, 1.165) is 38.6 Å². The molecule has 2 aromatic rings. The number of aromatic nitrogens is 1. The van der Waals surface area contributed by atoms with Gasteiger partial charge >= 0.3 is 0 Å². The summed E-state index contributed by atoms with van der Waals surface area (Å²) in [6.45, 7) is 11.8. The van der Waals surface area contributed by atoms with E-state index in [9.17, 15) is 4.79 Å². The number of aromatic amines is 1. The lowest BCUT2D eigenvalue weighted by atomic mass is 10.1. The molecule has 0 aliphatic rings. The number of fused-ring (bicyclic) bond motifs is 1. The molecule has 7 heteroatoms. The van der Waals surface area contributed by atoms with Gasteiger partial charge < -0.3 is 20.5 Å². The zero-order valence-corrected chi connectivity index (χ0v) is 19.8. The lowest BCUT2D eigenvalue weighted by Gasteiger charge is -2.18. The minimum atomic E-state index is 0. The molecule has 6 nitrogen and oxygen atoms in total. The first kappa shape index (κ1) is 24.3. The molecule has 28 heavy (non-hydrogen) atoms. The van der Waals surface area contributed by atoms with Crippen molar-refractivity contribution in [3.8, 4) is 0 Å². The van der Waals surface area contributed by atoms with E-state index in [4.69, 9.17) is 0 Å². The van der Waals surface area contributed by atoms with Gasteiger partial charge in [0, 0.05) is 49.2 Å². The first-order valence-electron chi connectivity index (χ1n) is 9.96. The Morgan fingerprint density at radius 3 is 2.54 bits per heavy atom. The molecule has 0 aliphatic heterocycles. The number of guanidine groups is 1. The van der Waals surface area contributed by atoms with Crippen LogP contribution in [-0.4, -0.2) is 54.5 Å². The minimum absolute atomic E-state index is 0. The number of H-pyrrole nitrogens is 1. The van der Waals surface area contributed by atoms with E-state index in [-0.39, 0.29) is 29.9 Å². The number of carbonyl (C=O) groups is 1. The maximum Gasteiger partial charge on any atom is 0.224 e. The highest BCUT2D eigenvalue weighted by atomic mass is 127. The van der Waals surface area contributed by atoms with Crippen LogP contribution in [0, 0.1) is 6.92 Å². The molecule has 0 spiro atoms. The van der Waals surface area contributed by atoms with Gasteiger partial charge in [-0.1, -0.05) is 18.2 Å². The van der Waals surface area contributed by atoms with Crippen LogP contribution in [0.5, 0.6) is 0 Å². The Bertz CT molecular complexity index is 767. The van der Waals surface area contributed by atoms with Gasteiger partial charge in [-0.05, 0) is 45.7 Å². The second-order valence-corrected chi connectivity index (χ2v) is 6.53. The number of benzene rings is 1. The van der Waals surface area contributed by atoms with Crippen molar-refractivity contribution in [1.82, 2.24) is 20.5 Å². The van der Waals surface area contributed by atoms with Gasteiger partial charge in [0.25, 0.3) is 0 Å². The lowest BCUT2D eigenvalue weighted by Crippen LogP contribution is -2.38. The topological polar surface area (TPSA) is 72.5 Å². The Balaban J connectivity index is 0.00000392. The van der Waals surface area contributed by atoms with E-state index in [1.807, 2.05) is 25.7 Å². The highest BCUT2D eigenvalue weighted by Gasteiger charge is 2.10. The molecule has 0 atom stereocenters. The molecular formula is C21H34IN5O. The van der Waals surface area contributed by atoms with E-state index < -0.39 is 0 Å². The molecule has 0 fully saturated rings. The van der Waals surface area contributed by atoms with Gasteiger partial charge in [0.15, 0.2) is 5.96 Å². The molecule has 0 bridgehead atoms. The number of amides is 1. The number of hydrogen-bond donors (Lipinski definition) is 3. The molecule has 1 amide bonds. The summed E-state index contributed by atoms with van der Waals surface area (Å²) in [6, 6.07) is 8.39. The van der Waals surface area contributed by atoms with Crippen molar-refractivity contribution in [2.75, 3.05) is 32.7 Å². The third-order valence-corrected chi connectivity index (χ3v) is 4.75. The smallest absolute Gasteiger partial charge is 0.224 e. The quantitative estimate of drug-likeness (QED) is 0.281. The van der Waals surface area contributed by atoms with Crippen LogP contribution in [0.15, 0.2) is 29.3 Å². The lowest BCUT2D eigenvalue weighted by molar-refractivity contribution is -0.130. The van der Waals surface area contributed by atoms with Crippen LogP contribution in [0.3, 0.4) is 0 Å². The average Bonchev–Trinajstić information content (AvgIpc) is 2.98. The van der Waals surface area contributed by atoms with Crippen LogP contribution >= 0.6 is 24.0 Å². The normalized spacial score (nSPS) is 11.2. The Hall–Kier alpha value is -1.77. The SMILES string of the molecule is CCNC(=NCCC(=O)N(CC)CC)NCCc1c(C)[nH]c2ccccc12.I. The van der Waals surface area contributed by atoms with Crippen LogP contribution in [0.2, 0.25) is 0 Å². The molecule has 1 aromatic carbocycles. The van der Waals surface area contributed by atoms with Gasteiger partial charge in [-0.25, -0.2) is 0 Å². The summed E-state index contributed by atoms with van der Waals surface area (Å²) in [5.41, 5.74) is 3.73. The van der Waals surface area contributed by atoms with Crippen molar-refractivity contribution in [1.29, 1.82) is 0 Å². The van der Waals surface area contributed by atoms with Crippen LogP contribution in [-0.2, 0) is 11.2 Å². The number of aliphatic imine (C=N–C) groups is 1. The van der Waals surface area contributed by atoms with Crippen molar-refractivity contribution in [2.24, 2.45) is 4.99 Å². The second kappa shape index (κ2) is 12.6. The summed E-state index contributed by atoms with van der Waals surface area (Å²) in [7, 11) is 0. The Morgan fingerprint density at radius 2 is 1.86 bits per heavy atom. The highest BCUT2D eigenvalue weighted by Crippen LogP contribution is 2.21. The van der Waals surface area contributed by atoms with E-state index in [1.54, 1.807) is 0 Å². The summed E-state index contributed by atoms with van der Waals surface area (Å²) >= 11 is 0. The van der Waals surface area contributed by atoms with Gasteiger partial charge in [0.05, 0.1) is 6.54 Å². The highest BCUT2D eigenvalue weighted by molar-refractivity contribution is 14.0. The number of nitrogens with zero attached hydrogens (tertiary/aromatic N) is 2. The molecule has 0 unspecified atom stereocenters. The summed E-state index contributed by atoms with van der Waals surface area (Å²) in [5.74, 6) is 0.927. The van der Waals surface area contributed by atoms with Gasteiger partial charge in [-0.3, -0.25) is 9.79 Å². The number of halogens is 1. The molecule has 0 saturated carbocycles. The van der Waals surface area contributed by atoms with Crippen molar-refractivity contribution < 1.29 is 4.79 Å². The number of rotatable bonds is 9. The Morgan fingerprint density at radius 1 is 1.14 bits per heavy atom. The van der Waals surface area contributed by atoms with E-state index in [1.165, 1.54) is 22.2 Å². The van der Waals surface area contributed by atoms with E-state index in [2.05, 4.69) is 51.8 Å². The fraction of sp³-hybridized carbons (Fsp3) is 0.524. The maximum absolute atomic E-state index is 12.1. The first-order chi connectivity index (χ1) is 13.1. The molecule has 0 aliphatic carbocycles. The monoisotopic (exact) mass is 499 g/mol. The van der Waals surface area contributed by atoms with Crippen LogP contribution in [0.25, 0.3) is 10.9 Å². The molecule has 2 rings (SSSR count). The van der Waals surface area contributed by atoms with E-state index >= 15 is 0 Å². The van der Waals surface area contributed by atoms with Crippen LogP contribution < -0.4 is 10.6 Å². The summed E-state index contributed by atoms with van der Waals surface area (Å²) in [4.78, 5) is 21.9. The number of para-hydroxylation sites is 1. The fourth-order valence-corrected chi connectivity index (χ4v) is 3.30. The predicted molar refractivity (Wildman–Crippen MR) is 129 cm³/mol. The maximum atomic E-state index is 12.1. The molecule has 0 saturated heterocycles. The average molecular weight is 499 g/mol. The van der Waals surface area contributed by atoms with Gasteiger partial charge in [-0.15, -0.1) is 24.0 Å². The Labute approximate surface area is 185 Å². The number of hydrogen-bond acceptors (Lipinski definition) is 2. The number of aryl methyl sites for hydroxylation is 1. The van der Waals surface area contributed by atoms with Gasteiger partial charge in [-0.2, -0.15) is 0 Å². The Kier molecular flexibility index (Phi) is 11.0. The zero-order valence-electron chi connectivity index (χ0n) is 17.5. The van der Waals surface area contributed by atoms with Gasteiger partial charge in [0.2, 0.25) is 5.91 Å². The van der Waals surface area contributed by atoms with Crippen molar-refractivity contribution >= 4 is 46.7 Å².